The Balaban J connectivity index is 1.88. The summed E-state index contributed by atoms with van der Waals surface area (Å²) in [6.07, 6.45) is 3.19. The van der Waals surface area contributed by atoms with Gasteiger partial charge in [-0.1, -0.05) is 30.3 Å². The van der Waals surface area contributed by atoms with Crippen molar-refractivity contribution in [2.24, 2.45) is 5.92 Å². The first kappa shape index (κ1) is 22.5. The maximum absolute atomic E-state index is 10.4. The minimum Gasteiger partial charge on any atom is -0.390 e. The third kappa shape index (κ3) is 7.29. The summed E-state index contributed by atoms with van der Waals surface area (Å²) in [4.78, 5) is 0. The average Bonchev–Trinajstić information content (AvgIpc) is 2.68. The Morgan fingerprint density at radius 1 is 0.963 bits per heavy atom. The van der Waals surface area contributed by atoms with Gasteiger partial charge in [-0.25, -0.2) is 0 Å². The van der Waals surface area contributed by atoms with Crippen molar-refractivity contribution in [3.63, 3.8) is 0 Å². The van der Waals surface area contributed by atoms with E-state index in [-0.39, 0.29) is 12.2 Å². The van der Waals surface area contributed by atoms with Crippen molar-refractivity contribution in [2.45, 2.75) is 71.3 Å². The number of hydrogen-bond donors (Lipinski definition) is 1. The van der Waals surface area contributed by atoms with E-state index in [0.717, 1.165) is 37.3 Å². The van der Waals surface area contributed by atoms with E-state index < -0.39 is 8.80 Å². The summed E-state index contributed by atoms with van der Waals surface area (Å²) < 4.78 is 24.0. The second-order valence-electron chi connectivity index (χ2n) is 7.10. The second kappa shape index (κ2) is 11.9. The van der Waals surface area contributed by atoms with Crippen LogP contribution in [0.25, 0.3) is 0 Å². The van der Waals surface area contributed by atoms with E-state index in [0.29, 0.717) is 32.3 Å². The van der Waals surface area contributed by atoms with E-state index in [1.807, 2.05) is 39.0 Å². The Morgan fingerprint density at radius 2 is 1.59 bits per heavy atom. The van der Waals surface area contributed by atoms with Gasteiger partial charge in [-0.2, -0.15) is 0 Å². The van der Waals surface area contributed by atoms with E-state index in [4.69, 9.17) is 18.0 Å². The van der Waals surface area contributed by atoms with E-state index in [1.54, 1.807) is 0 Å². The lowest BCUT2D eigenvalue weighted by Gasteiger charge is -2.35. The quantitative estimate of drug-likeness (QED) is 0.537. The Hall–Kier alpha value is -0.763. The Labute approximate surface area is 165 Å². The molecule has 3 unspecified atom stereocenters. The van der Waals surface area contributed by atoms with Crippen LogP contribution in [0.5, 0.6) is 0 Å². The zero-order valence-corrected chi connectivity index (χ0v) is 18.1. The number of ether oxygens (including phenoxy) is 1. The molecule has 1 fully saturated rings. The summed E-state index contributed by atoms with van der Waals surface area (Å²) >= 11 is 0. The number of aliphatic hydroxyl groups excluding tert-OH is 1. The molecule has 2 rings (SSSR count). The van der Waals surface area contributed by atoms with Crippen molar-refractivity contribution in [2.75, 3.05) is 19.8 Å². The molecule has 0 aliphatic heterocycles. The molecule has 1 aromatic rings. The predicted molar refractivity (Wildman–Crippen MR) is 108 cm³/mol. The first-order valence-electron chi connectivity index (χ1n) is 10.4. The maximum Gasteiger partial charge on any atom is 0.500 e. The van der Waals surface area contributed by atoms with E-state index in [9.17, 15) is 5.11 Å². The van der Waals surface area contributed by atoms with Gasteiger partial charge in [0.1, 0.15) is 0 Å². The normalized spacial score (nSPS) is 23.5. The fourth-order valence-electron chi connectivity index (χ4n) is 3.80. The summed E-state index contributed by atoms with van der Waals surface area (Å²) in [5.74, 6) is 0.502. The molecule has 5 nitrogen and oxygen atoms in total. The molecule has 1 aliphatic rings. The summed E-state index contributed by atoms with van der Waals surface area (Å²) in [6.45, 7) is 8.35. The predicted octanol–water partition coefficient (Wildman–Crippen LogP) is 4.17. The van der Waals surface area contributed by atoms with Crippen molar-refractivity contribution < 1.29 is 23.1 Å². The van der Waals surface area contributed by atoms with Crippen LogP contribution < -0.4 is 0 Å². The first-order valence-corrected chi connectivity index (χ1v) is 12.3. The lowest BCUT2D eigenvalue weighted by atomic mass is 9.84. The number of hydrogen-bond acceptors (Lipinski definition) is 5. The van der Waals surface area contributed by atoms with Crippen molar-refractivity contribution >= 4 is 8.80 Å². The third-order valence-electron chi connectivity index (χ3n) is 5.12. The van der Waals surface area contributed by atoms with Crippen LogP contribution in [-0.4, -0.2) is 45.9 Å². The summed E-state index contributed by atoms with van der Waals surface area (Å²) in [5, 5.41) is 10.4. The van der Waals surface area contributed by atoms with Crippen molar-refractivity contribution in [1.82, 2.24) is 0 Å². The molecule has 6 heteroatoms. The van der Waals surface area contributed by atoms with Gasteiger partial charge in [0.05, 0.1) is 18.8 Å². The second-order valence-corrected chi connectivity index (χ2v) is 9.83. The van der Waals surface area contributed by atoms with Gasteiger partial charge in [0.2, 0.25) is 0 Å². The van der Waals surface area contributed by atoms with Gasteiger partial charge >= 0.3 is 8.80 Å². The van der Waals surface area contributed by atoms with Gasteiger partial charge in [0.25, 0.3) is 0 Å². The molecule has 1 aliphatic carbocycles. The highest BCUT2D eigenvalue weighted by atomic mass is 28.4. The fraction of sp³-hybridized carbons (Fsp3) is 0.714. The smallest absolute Gasteiger partial charge is 0.390 e. The molecule has 27 heavy (non-hydrogen) atoms. The maximum atomic E-state index is 10.4. The molecule has 0 bridgehead atoms. The van der Waals surface area contributed by atoms with Gasteiger partial charge in [0, 0.05) is 25.9 Å². The molecule has 0 spiro atoms. The molecule has 0 saturated heterocycles. The van der Waals surface area contributed by atoms with Crippen LogP contribution in [0.15, 0.2) is 30.3 Å². The molecule has 154 valence electrons. The van der Waals surface area contributed by atoms with Crippen LogP contribution in [0.2, 0.25) is 6.04 Å². The fourth-order valence-corrected chi connectivity index (χ4v) is 6.56. The minimum absolute atomic E-state index is 0.105. The molecule has 1 N–H and O–H groups in total. The van der Waals surface area contributed by atoms with Gasteiger partial charge in [-0.15, -0.1) is 0 Å². The lowest BCUT2D eigenvalue weighted by Crippen LogP contribution is -2.46. The Kier molecular flexibility index (Phi) is 9.96. The van der Waals surface area contributed by atoms with Crippen molar-refractivity contribution in [3.8, 4) is 0 Å². The minimum atomic E-state index is -2.59. The summed E-state index contributed by atoms with van der Waals surface area (Å²) in [5.41, 5.74) is 1.14. The SMILES string of the molecule is CCO[Si](CCC1CCC(O)C(OCc2ccccc2)C1)(OCC)OCC. The van der Waals surface area contributed by atoms with E-state index in [1.165, 1.54) is 0 Å². The first-order chi connectivity index (χ1) is 13.1. The average molecular weight is 397 g/mol. The molecule has 1 aromatic carbocycles. The Bertz CT molecular complexity index is 496. The van der Waals surface area contributed by atoms with E-state index >= 15 is 0 Å². The van der Waals surface area contributed by atoms with Crippen molar-refractivity contribution in [3.05, 3.63) is 35.9 Å². The van der Waals surface area contributed by atoms with E-state index in [2.05, 4.69) is 12.1 Å². The summed E-state index contributed by atoms with van der Waals surface area (Å²) in [6, 6.07) is 11.0. The molecule has 0 radical (unpaired) electrons. The Morgan fingerprint density at radius 3 is 2.19 bits per heavy atom. The molecule has 3 atom stereocenters. The molecule has 0 heterocycles. The number of aliphatic hydroxyl groups is 1. The monoisotopic (exact) mass is 396 g/mol. The topological polar surface area (TPSA) is 57.2 Å². The van der Waals surface area contributed by atoms with Crippen LogP contribution >= 0.6 is 0 Å². The lowest BCUT2D eigenvalue weighted by molar-refractivity contribution is -0.0791. The zero-order chi connectivity index (χ0) is 19.5. The third-order valence-corrected chi connectivity index (χ3v) is 8.21. The highest BCUT2D eigenvalue weighted by Crippen LogP contribution is 2.33. The summed E-state index contributed by atoms with van der Waals surface area (Å²) in [7, 11) is -2.59. The molecular weight excluding hydrogens is 360 g/mol. The standard InChI is InChI=1S/C21H36O5Si/c1-4-24-27(25-5-2,26-6-3)15-14-18-12-13-20(22)21(16-18)23-17-19-10-8-7-9-11-19/h7-11,18,20-22H,4-6,12-17H2,1-3H3. The van der Waals surface area contributed by atoms with Gasteiger partial charge in [-0.05, 0) is 57.9 Å². The highest BCUT2D eigenvalue weighted by Gasteiger charge is 2.41. The van der Waals surface area contributed by atoms with Crippen LogP contribution in [0.4, 0.5) is 0 Å². The molecule has 1 saturated carbocycles. The van der Waals surface area contributed by atoms with Gasteiger partial charge in [0.15, 0.2) is 0 Å². The van der Waals surface area contributed by atoms with Gasteiger partial charge < -0.3 is 23.1 Å². The molecule has 0 aromatic heterocycles. The van der Waals surface area contributed by atoms with Crippen molar-refractivity contribution in [1.29, 1.82) is 0 Å². The molecule has 0 amide bonds. The van der Waals surface area contributed by atoms with Crippen LogP contribution in [0.1, 0.15) is 52.0 Å². The molecular formula is C21H36O5Si. The zero-order valence-electron chi connectivity index (χ0n) is 17.1. The van der Waals surface area contributed by atoms with Crippen LogP contribution in [-0.2, 0) is 24.6 Å². The van der Waals surface area contributed by atoms with Gasteiger partial charge in [-0.3, -0.25) is 0 Å². The van der Waals surface area contributed by atoms with Crippen LogP contribution in [0.3, 0.4) is 0 Å². The highest BCUT2D eigenvalue weighted by molar-refractivity contribution is 6.60. The number of benzene rings is 1. The number of rotatable bonds is 12. The van der Waals surface area contributed by atoms with Crippen LogP contribution in [0, 0.1) is 5.92 Å². The largest absolute Gasteiger partial charge is 0.500 e.